The SMILES string of the molecule is CN(C)C(=O)C1CCC(N)(C(=O)c2ccc3cc(Cl)ccc3n2)C(N)C1. The van der Waals surface area contributed by atoms with E-state index in [9.17, 15) is 9.59 Å². The first kappa shape index (κ1) is 18.8. The summed E-state index contributed by atoms with van der Waals surface area (Å²) >= 11 is 5.98. The minimum atomic E-state index is -1.21. The molecule has 1 aliphatic rings. The summed E-state index contributed by atoms with van der Waals surface area (Å²) in [7, 11) is 3.43. The van der Waals surface area contributed by atoms with Crippen LogP contribution in [0.4, 0.5) is 0 Å². The van der Waals surface area contributed by atoms with Gasteiger partial charge in [-0.3, -0.25) is 9.59 Å². The third kappa shape index (κ3) is 3.32. The molecule has 2 aromatic rings. The summed E-state index contributed by atoms with van der Waals surface area (Å²) in [6.07, 6.45) is 1.29. The van der Waals surface area contributed by atoms with Crippen molar-refractivity contribution < 1.29 is 9.59 Å². The second kappa shape index (κ2) is 6.95. The zero-order valence-electron chi connectivity index (χ0n) is 14.9. The molecule has 1 fully saturated rings. The maximum Gasteiger partial charge on any atom is 0.225 e. The van der Waals surface area contributed by atoms with Crippen molar-refractivity contribution in [3.8, 4) is 0 Å². The fraction of sp³-hybridized carbons (Fsp3) is 0.421. The highest BCUT2D eigenvalue weighted by Gasteiger charge is 2.46. The molecular formula is C19H23ClN4O2. The lowest BCUT2D eigenvalue weighted by molar-refractivity contribution is -0.134. The predicted octanol–water partition coefficient (Wildman–Crippen LogP) is 1.98. The molecule has 4 N–H and O–H groups in total. The highest BCUT2D eigenvalue weighted by atomic mass is 35.5. The Labute approximate surface area is 157 Å². The van der Waals surface area contributed by atoms with Crippen molar-refractivity contribution in [3.63, 3.8) is 0 Å². The number of halogens is 1. The molecule has 7 heteroatoms. The molecule has 3 atom stereocenters. The number of benzene rings is 1. The Morgan fingerprint density at radius 3 is 2.65 bits per heavy atom. The summed E-state index contributed by atoms with van der Waals surface area (Å²) in [6, 6.07) is 8.15. The first-order valence-corrected chi connectivity index (χ1v) is 8.97. The molecule has 26 heavy (non-hydrogen) atoms. The van der Waals surface area contributed by atoms with Crippen LogP contribution in [0.3, 0.4) is 0 Å². The van der Waals surface area contributed by atoms with Crippen LogP contribution in [0, 0.1) is 5.92 Å². The number of nitrogens with zero attached hydrogens (tertiary/aromatic N) is 2. The molecule has 1 amide bonds. The molecule has 1 heterocycles. The Morgan fingerprint density at radius 1 is 1.27 bits per heavy atom. The van der Waals surface area contributed by atoms with Gasteiger partial charge < -0.3 is 16.4 Å². The zero-order chi connectivity index (χ0) is 19.1. The second-order valence-electron chi connectivity index (χ2n) is 7.21. The van der Waals surface area contributed by atoms with E-state index in [1.165, 1.54) is 0 Å². The number of aromatic nitrogens is 1. The van der Waals surface area contributed by atoms with Crippen molar-refractivity contribution in [1.29, 1.82) is 0 Å². The van der Waals surface area contributed by atoms with Gasteiger partial charge in [0.05, 0.1) is 11.1 Å². The molecule has 0 saturated heterocycles. The van der Waals surface area contributed by atoms with Gasteiger partial charge in [0.25, 0.3) is 0 Å². The first-order valence-electron chi connectivity index (χ1n) is 8.59. The van der Waals surface area contributed by atoms with Gasteiger partial charge in [-0.1, -0.05) is 17.7 Å². The molecule has 0 radical (unpaired) electrons. The van der Waals surface area contributed by atoms with E-state index < -0.39 is 11.6 Å². The molecule has 1 aromatic carbocycles. The van der Waals surface area contributed by atoms with Crippen LogP contribution in [0.2, 0.25) is 5.02 Å². The van der Waals surface area contributed by atoms with E-state index >= 15 is 0 Å². The fourth-order valence-electron chi connectivity index (χ4n) is 3.57. The Morgan fingerprint density at radius 2 is 2.00 bits per heavy atom. The van der Waals surface area contributed by atoms with E-state index in [-0.39, 0.29) is 23.3 Å². The summed E-state index contributed by atoms with van der Waals surface area (Å²) in [4.78, 5) is 31.2. The smallest absolute Gasteiger partial charge is 0.225 e. The number of ketones is 1. The highest BCUT2D eigenvalue weighted by molar-refractivity contribution is 6.31. The molecule has 1 aromatic heterocycles. The molecule has 1 aliphatic carbocycles. The maximum absolute atomic E-state index is 13.1. The molecule has 3 unspecified atom stereocenters. The lowest BCUT2D eigenvalue weighted by Gasteiger charge is -2.40. The minimum absolute atomic E-state index is 0.0238. The number of hydrogen-bond acceptors (Lipinski definition) is 5. The standard InChI is InChI=1S/C19H23ClN4O2/c1-24(2)18(26)12-7-8-19(22,16(21)10-12)17(25)15-5-3-11-9-13(20)4-6-14(11)23-15/h3-6,9,12,16H,7-8,10,21-22H2,1-2H3. The van der Waals surface area contributed by atoms with Gasteiger partial charge in [-0.15, -0.1) is 0 Å². The van der Waals surface area contributed by atoms with Crippen LogP contribution in [-0.2, 0) is 4.79 Å². The van der Waals surface area contributed by atoms with Crippen molar-refractivity contribution in [3.05, 3.63) is 41.0 Å². The third-order valence-electron chi connectivity index (χ3n) is 5.20. The van der Waals surface area contributed by atoms with Crippen LogP contribution in [0.5, 0.6) is 0 Å². The Hall–Kier alpha value is -2.02. The zero-order valence-corrected chi connectivity index (χ0v) is 15.7. The maximum atomic E-state index is 13.1. The lowest BCUT2D eigenvalue weighted by Crippen LogP contribution is -2.64. The van der Waals surface area contributed by atoms with Crippen molar-refractivity contribution in [1.82, 2.24) is 9.88 Å². The Balaban J connectivity index is 1.85. The van der Waals surface area contributed by atoms with Crippen molar-refractivity contribution in [2.24, 2.45) is 17.4 Å². The number of nitrogens with two attached hydrogens (primary N) is 2. The van der Waals surface area contributed by atoms with Crippen LogP contribution in [0.25, 0.3) is 10.9 Å². The molecule has 138 valence electrons. The van der Waals surface area contributed by atoms with Gasteiger partial charge in [0.1, 0.15) is 5.69 Å². The summed E-state index contributed by atoms with van der Waals surface area (Å²) in [5, 5.41) is 1.46. The normalized spacial score (nSPS) is 25.9. The van der Waals surface area contributed by atoms with E-state index in [0.29, 0.717) is 29.8 Å². The van der Waals surface area contributed by atoms with Crippen LogP contribution in [0.15, 0.2) is 30.3 Å². The van der Waals surface area contributed by atoms with E-state index in [0.717, 1.165) is 5.39 Å². The van der Waals surface area contributed by atoms with Crippen molar-refractivity contribution >= 4 is 34.2 Å². The largest absolute Gasteiger partial charge is 0.349 e. The molecule has 0 bridgehead atoms. The molecule has 0 aliphatic heterocycles. The quantitative estimate of drug-likeness (QED) is 0.800. The number of fused-ring (bicyclic) bond motifs is 1. The van der Waals surface area contributed by atoms with Crippen LogP contribution < -0.4 is 11.5 Å². The summed E-state index contributed by atoms with van der Waals surface area (Å²) in [5.74, 6) is -0.454. The van der Waals surface area contributed by atoms with Crippen molar-refractivity contribution in [2.75, 3.05) is 14.1 Å². The van der Waals surface area contributed by atoms with Gasteiger partial charge in [0, 0.05) is 36.5 Å². The summed E-state index contributed by atoms with van der Waals surface area (Å²) in [6.45, 7) is 0. The van der Waals surface area contributed by atoms with Gasteiger partial charge in [0.2, 0.25) is 11.7 Å². The predicted molar refractivity (Wildman–Crippen MR) is 102 cm³/mol. The summed E-state index contributed by atoms with van der Waals surface area (Å²) in [5.41, 5.74) is 12.4. The van der Waals surface area contributed by atoms with E-state index in [1.54, 1.807) is 49.3 Å². The Bertz CT molecular complexity index is 870. The average molecular weight is 375 g/mol. The van der Waals surface area contributed by atoms with Gasteiger partial charge in [-0.05, 0) is 43.5 Å². The topological polar surface area (TPSA) is 102 Å². The third-order valence-corrected chi connectivity index (χ3v) is 5.44. The number of Topliss-reactive ketones (excluding diaryl/α,β-unsaturated/α-hetero) is 1. The van der Waals surface area contributed by atoms with E-state index in [2.05, 4.69) is 4.98 Å². The van der Waals surface area contributed by atoms with Gasteiger partial charge in [-0.25, -0.2) is 4.98 Å². The van der Waals surface area contributed by atoms with Crippen LogP contribution in [0.1, 0.15) is 29.8 Å². The van der Waals surface area contributed by atoms with Gasteiger partial charge in [0.15, 0.2) is 0 Å². The first-order chi connectivity index (χ1) is 12.2. The van der Waals surface area contributed by atoms with Gasteiger partial charge in [-0.2, -0.15) is 0 Å². The molecular weight excluding hydrogens is 352 g/mol. The van der Waals surface area contributed by atoms with Gasteiger partial charge >= 0.3 is 0 Å². The average Bonchev–Trinajstić information content (AvgIpc) is 2.62. The summed E-state index contributed by atoms with van der Waals surface area (Å²) < 4.78 is 0. The van der Waals surface area contributed by atoms with Crippen LogP contribution in [-0.4, -0.2) is 47.3 Å². The second-order valence-corrected chi connectivity index (χ2v) is 7.65. The highest BCUT2D eigenvalue weighted by Crippen LogP contribution is 2.33. The lowest BCUT2D eigenvalue weighted by atomic mass is 9.70. The number of carbonyl (C=O) groups excluding carboxylic acids is 2. The van der Waals surface area contributed by atoms with E-state index in [1.807, 2.05) is 0 Å². The number of hydrogen-bond donors (Lipinski definition) is 2. The fourth-order valence-corrected chi connectivity index (χ4v) is 3.75. The van der Waals surface area contributed by atoms with Crippen molar-refractivity contribution in [2.45, 2.75) is 30.8 Å². The molecule has 3 rings (SSSR count). The minimum Gasteiger partial charge on any atom is -0.349 e. The molecule has 6 nitrogen and oxygen atoms in total. The number of pyridine rings is 1. The van der Waals surface area contributed by atoms with E-state index in [4.69, 9.17) is 23.1 Å². The number of rotatable bonds is 3. The Kier molecular flexibility index (Phi) is 5.01. The molecule has 0 spiro atoms. The number of carbonyl (C=O) groups is 2. The van der Waals surface area contributed by atoms with Crippen LogP contribution >= 0.6 is 11.6 Å². The monoisotopic (exact) mass is 374 g/mol. The molecule has 1 saturated carbocycles. The number of amides is 1.